The summed E-state index contributed by atoms with van der Waals surface area (Å²) in [5.74, 6) is -0.466. The molecule has 2 saturated heterocycles. The van der Waals surface area contributed by atoms with Crippen molar-refractivity contribution in [2.45, 2.75) is 58.2 Å². The van der Waals surface area contributed by atoms with Crippen LogP contribution in [0.5, 0.6) is 0 Å². The molecule has 2 amide bonds. The van der Waals surface area contributed by atoms with Crippen molar-refractivity contribution in [3.8, 4) is 0 Å². The largest absolute Gasteiger partial charge is 0.445 e. The molecule has 0 spiro atoms. The van der Waals surface area contributed by atoms with Gasteiger partial charge in [0.2, 0.25) is 5.91 Å². The number of Topliss-reactive ketones (excluding diaryl/α,β-unsaturated/α-hetero) is 1. The van der Waals surface area contributed by atoms with Crippen LogP contribution in [0.1, 0.15) is 45.1 Å². The number of carbonyl (C=O) groups excluding carboxylic acids is 4. The van der Waals surface area contributed by atoms with Crippen molar-refractivity contribution in [3.05, 3.63) is 35.9 Å². The minimum atomic E-state index is -1.13. The van der Waals surface area contributed by atoms with Crippen molar-refractivity contribution in [1.82, 2.24) is 9.80 Å². The Morgan fingerprint density at radius 1 is 1.03 bits per heavy atom. The van der Waals surface area contributed by atoms with Gasteiger partial charge in [-0.1, -0.05) is 30.3 Å². The molecular weight excluding hydrogens is 372 g/mol. The highest BCUT2D eigenvalue weighted by Gasteiger charge is 2.45. The first kappa shape index (κ1) is 21.0. The Morgan fingerprint density at radius 2 is 1.66 bits per heavy atom. The highest BCUT2D eigenvalue weighted by Crippen LogP contribution is 2.29. The van der Waals surface area contributed by atoms with Crippen LogP contribution in [0.15, 0.2) is 30.3 Å². The van der Waals surface area contributed by atoms with Crippen molar-refractivity contribution in [2.24, 2.45) is 5.41 Å². The van der Waals surface area contributed by atoms with E-state index in [0.29, 0.717) is 45.1 Å². The molecule has 1 aromatic carbocycles. The van der Waals surface area contributed by atoms with E-state index >= 15 is 0 Å². The quantitative estimate of drug-likeness (QED) is 0.541. The maximum atomic E-state index is 13.2. The monoisotopic (exact) mass is 400 g/mol. The topological polar surface area (TPSA) is 84.0 Å². The smallest absolute Gasteiger partial charge is 0.410 e. The number of hydrogen-bond donors (Lipinski definition) is 0. The van der Waals surface area contributed by atoms with Gasteiger partial charge in [0.05, 0.1) is 11.5 Å². The lowest BCUT2D eigenvalue weighted by molar-refractivity contribution is -0.145. The van der Waals surface area contributed by atoms with E-state index in [1.807, 2.05) is 30.3 Å². The molecule has 0 aliphatic carbocycles. The zero-order valence-electron chi connectivity index (χ0n) is 17.0. The van der Waals surface area contributed by atoms with Gasteiger partial charge in [-0.05, 0) is 45.1 Å². The third-order valence-electron chi connectivity index (χ3n) is 5.75. The highest BCUT2D eigenvalue weighted by atomic mass is 16.6. The Morgan fingerprint density at radius 3 is 2.31 bits per heavy atom. The number of carbonyl (C=O) groups is 4. The SMILES string of the molecule is CC(C)(C=O)C(=O)[C@@H]1CCCN1C(=O)[C@@H]1CCCN1C(=O)OCc1ccccc1. The van der Waals surface area contributed by atoms with Crippen LogP contribution in [0.2, 0.25) is 0 Å². The lowest BCUT2D eigenvalue weighted by atomic mass is 9.85. The first-order valence-electron chi connectivity index (χ1n) is 10.1. The average Bonchev–Trinajstić information content (AvgIpc) is 3.41. The summed E-state index contributed by atoms with van der Waals surface area (Å²) in [6.45, 7) is 4.22. The minimum Gasteiger partial charge on any atom is -0.445 e. The Balaban J connectivity index is 1.66. The van der Waals surface area contributed by atoms with Gasteiger partial charge >= 0.3 is 6.09 Å². The normalized spacial score (nSPS) is 21.9. The summed E-state index contributed by atoms with van der Waals surface area (Å²) >= 11 is 0. The molecule has 2 aliphatic rings. The van der Waals surface area contributed by atoms with Crippen molar-refractivity contribution in [3.63, 3.8) is 0 Å². The van der Waals surface area contributed by atoms with Crippen molar-refractivity contribution < 1.29 is 23.9 Å². The van der Waals surface area contributed by atoms with Crippen molar-refractivity contribution in [1.29, 1.82) is 0 Å². The molecule has 3 rings (SSSR count). The molecule has 0 radical (unpaired) electrons. The van der Waals surface area contributed by atoms with Crippen LogP contribution in [-0.4, -0.2) is 59.0 Å². The van der Waals surface area contributed by atoms with Gasteiger partial charge in [0, 0.05) is 13.1 Å². The fourth-order valence-electron chi connectivity index (χ4n) is 4.03. The third kappa shape index (κ3) is 4.49. The fourth-order valence-corrected chi connectivity index (χ4v) is 4.03. The number of amides is 2. The summed E-state index contributed by atoms with van der Waals surface area (Å²) in [6.07, 6.45) is 2.64. The van der Waals surface area contributed by atoms with Gasteiger partial charge in [-0.15, -0.1) is 0 Å². The average molecular weight is 400 g/mol. The van der Waals surface area contributed by atoms with Gasteiger partial charge in [0.25, 0.3) is 0 Å². The molecule has 1 aromatic rings. The molecule has 156 valence electrons. The molecule has 7 nitrogen and oxygen atoms in total. The zero-order valence-corrected chi connectivity index (χ0v) is 17.0. The molecule has 2 fully saturated rings. The number of likely N-dealkylation sites (tertiary alicyclic amines) is 2. The van der Waals surface area contributed by atoms with Crippen molar-refractivity contribution >= 4 is 24.1 Å². The summed E-state index contributed by atoms with van der Waals surface area (Å²) in [4.78, 5) is 52.9. The van der Waals surface area contributed by atoms with Gasteiger partial charge in [0.1, 0.15) is 18.9 Å². The van der Waals surface area contributed by atoms with Gasteiger partial charge in [0.15, 0.2) is 5.78 Å². The summed E-state index contributed by atoms with van der Waals surface area (Å²) in [7, 11) is 0. The van der Waals surface area contributed by atoms with Crippen LogP contribution in [0.3, 0.4) is 0 Å². The third-order valence-corrected chi connectivity index (χ3v) is 5.75. The maximum absolute atomic E-state index is 13.2. The number of ketones is 1. The van der Waals surface area contributed by atoms with Crippen molar-refractivity contribution in [2.75, 3.05) is 13.1 Å². The molecule has 7 heteroatoms. The van der Waals surface area contributed by atoms with E-state index in [-0.39, 0.29) is 18.3 Å². The summed E-state index contributed by atoms with van der Waals surface area (Å²) < 4.78 is 5.40. The van der Waals surface area contributed by atoms with Crippen LogP contribution < -0.4 is 0 Å². The minimum absolute atomic E-state index is 0.148. The van der Waals surface area contributed by atoms with Gasteiger partial charge in [-0.3, -0.25) is 14.5 Å². The molecule has 2 aliphatic heterocycles. The summed E-state index contributed by atoms with van der Waals surface area (Å²) in [5.41, 5.74) is -0.249. The molecule has 2 heterocycles. The van der Waals surface area contributed by atoms with E-state index in [4.69, 9.17) is 4.74 Å². The second-order valence-corrected chi connectivity index (χ2v) is 8.29. The Labute approximate surface area is 171 Å². The second-order valence-electron chi connectivity index (χ2n) is 8.29. The number of ether oxygens (including phenoxy) is 1. The Kier molecular flexibility index (Phi) is 6.35. The standard InChI is InChI=1S/C22H28N2O5/c1-22(2,15-25)19(26)17-10-6-12-23(17)20(27)18-11-7-13-24(18)21(28)29-14-16-8-4-3-5-9-16/h3-5,8-9,15,17-18H,6-7,10-14H2,1-2H3/t17-,18-/m0/s1. The lowest BCUT2D eigenvalue weighted by Crippen LogP contribution is -2.53. The molecule has 0 aromatic heterocycles. The van der Waals surface area contributed by atoms with E-state index in [1.54, 1.807) is 18.7 Å². The maximum Gasteiger partial charge on any atom is 0.410 e. The number of rotatable bonds is 6. The number of benzene rings is 1. The van der Waals surface area contributed by atoms with Gasteiger partial charge in [-0.2, -0.15) is 0 Å². The lowest BCUT2D eigenvalue weighted by Gasteiger charge is -2.32. The fraction of sp³-hybridized carbons (Fsp3) is 0.545. The van der Waals surface area contributed by atoms with Crippen LogP contribution in [0.4, 0.5) is 4.79 Å². The van der Waals surface area contributed by atoms with E-state index in [0.717, 1.165) is 5.56 Å². The Bertz CT molecular complexity index is 777. The van der Waals surface area contributed by atoms with Gasteiger partial charge in [-0.25, -0.2) is 4.79 Å². The molecule has 0 N–H and O–H groups in total. The second kappa shape index (κ2) is 8.76. The predicted octanol–water partition coefficient (Wildman–Crippen LogP) is 2.57. The number of nitrogens with zero attached hydrogens (tertiary/aromatic N) is 2. The molecule has 0 unspecified atom stereocenters. The van der Waals surface area contributed by atoms with E-state index < -0.39 is 23.6 Å². The van der Waals surface area contributed by atoms with E-state index in [1.165, 1.54) is 4.90 Å². The number of aldehydes is 1. The first-order valence-corrected chi connectivity index (χ1v) is 10.1. The molecule has 2 atom stereocenters. The summed E-state index contributed by atoms with van der Waals surface area (Å²) in [5, 5.41) is 0. The Hall–Kier alpha value is -2.70. The molecule has 0 saturated carbocycles. The van der Waals surface area contributed by atoms with Crippen LogP contribution >= 0.6 is 0 Å². The van der Waals surface area contributed by atoms with E-state index in [2.05, 4.69) is 0 Å². The molecule has 29 heavy (non-hydrogen) atoms. The summed E-state index contributed by atoms with van der Waals surface area (Å²) in [6, 6.07) is 8.15. The molecule has 0 bridgehead atoms. The first-order chi connectivity index (χ1) is 13.8. The predicted molar refractivity (Wildman–Crippen MR) is 106 cm³/mol. The van der Waals surface area contributed by atoms with E-state index in [9.17, 15) is 19.2 Å². The molecular formula is C22H28N2O5. The zero-order chi connectivity index (χ0) is 21.0. The van der Waals surface area contributed by atoms with Crippen LogP contribution in [0, 0.1) is 5.41 Å². The van der Waals surface area contributed by atoms with Gasteiger partial charge < -0.3 is 14.4 Å². The van der Waals surface area contributed by atoms with Crippen LogP contribution in [-0.2, 0) is 25.7 Å². The van der Waals surface area contributed by atoms with Crippen LogP contribution in [0.25, 0.3) is 0 Å². The number of hydrogen-bond acceptors (Lipinski definition) is 5. The highest BCUT2D eigenvalue weighted by molar-refractivity contribution is 6.02.